The molecule has 0 aliphatic heterocycles. The van der Waals surface area contributed by atoms with Crippen molar-refractivity contribution in [2.45, 2.75) is 46.1 Å². The standard InChI is InChI=1S/C17H32NO3/c1-16(2)13-7-8-17(16,3)14(11-13)21-10-9-18(4,5)12-15(19)20-6/h13-14H,7-12H2,1-6H3/q+1/t13-,14+,17+/m1/s1. The summed E-state index contributed by atoms with van der Waals surface area (Å²) in [6.45, 7) is 9.17. The highest BCUT2D eigenvalue weighted by Crippen LogP contribution is 2.66. The fraction of sp³-hybridized carbons (Fsp3) is 0.941. The van der Waals surface area contributed by atoms with Crippen LogP contribution >= 0.6 is 0 Å². The van der Waals surface area contributed by atoms with Gasteiger partial charge in [-0.2, -0.15) is 0 Å². The van der Waals surface area contributed by atoms with E-state index in [2.05, 4.69) is 20.8 Å². The second kappa shape index (κ2) is 5.54. The van der Waals surface area contributed by atoms with Crippen LogP contribution in [0.1, 0.15) is 40.0 Å². The van der Waals surface area contributed by atoms with Gasteiger partial charge in [0.2, 0.25) is 0 Å². The first kappa shape index (κ1) is 16.8. The summed E-state index contributed by atoms with van der Waals surface area (Å²) in [5.74, 6) is 0.651. The average Bonchev–Trinajstić information content (AvgIpc) is 2.71. The first-order chi connectivity index (χ1) is 9.62. The molecule has 0 saturated heterocycles. The summed E-state index contributed by atoms with van der Waals surface area (Å²) in [5.41, 5.74) is 0.714. The van der Waals surface area contributed by atoms with E-state index in [1.807, 2.05) is 14.1 Å². The van der Waals surface area contributed by atoms with Crippen LogP contribution in [-0.4, -0.2) is 57.5 Å². The number of fused-ring (bicyclic) bond motifs is 2. The number of likely N-dealkylation sites (N-methyl/N-ethyl adjacent to an activating group) is 1. The Morgan fingerprint density at radius 2 is 1.95 bits per heavy atom. The minimum atomic E-state index is -0.159. The highest BCUT2D eigenvalue weighted by molar-refractivity contribution is 5.70. The normalized spacial score (nSPS) is 34.2. The Morgan fingerprint density at radius 3 is 2.43 bits per heavy atom. The van der Waals surface area contributed by atoms with E-state index in [4.69, 9.17) is 9.47 Å². The number of methoxy groups -OCH3 is 1. The number of rotatable bonds is 6. The van der Waals surface area contributed by atoms with Crippen molar-refractivity contribution in [3.8, 4) is 0 Å². The summed E-state index contributed by atoms with van der Waals surface area (Å²) in [7, 11) is 5.54. The first-order valence-electron chi connectivity index (χ1n) is 8.13. The third-order valence-corrected chi connectivity index (χ3v) is 6.51. The van der Waals surface area contributed by atoms with Gasteiger partial charge < -0.3 is 14.0 Å². The molecule has 2 saturated carbocycles. The van der Waals surface area contributed by atoms with Crippen molar-refractivity contribution in [1.29, 1.82) is 0 Å². The summed E-state index contributed by atoms with van der Waals surface area (Å²) in [6, 6.07) is 0. The third kappa shape index (κ3) is 2.98. The lowest BCUT2D eigenvalue weighted by atomic mass is 9.70. The molecule has 2 aliphatic rings. The van der Waals surface area contributed by atoms with Gasteiger partial charge in [-0.05, 0) is 36.0 Å². The molecule has 2 fully saturated rings. The SMILES string of the molecule is COC(=O)C[N+](C)(C)CCO[C@H]1C[C@H]2CC[C@]1(C)C2(C)C. The molecule has 21 heavy (non-hydrogen) atoms. The molecule has 4 heteroatoms. The molecular weight excluding hydrogens is 266 g/mol. The largest absolute Gasteiger partial charge is 0.465 e. The molecule has 0 unspecified atom stereocenters. The summed E-state index contributed by atoms with van der Waals surface area (Å²) < 4.78 is 11.6. The minimum Gasteiger partial charge on any atom is -0.465 e. The van der Waals surface area contributed by atoms with Crippen LogP contribution in [0.3, 0.4) is 0 Å². The Kier molecular flexibility index (Phi) is 4.42. The van der Waals surface area contributed by atoms with Gasteiger partial charge in [-0.1, -0.05) is 20.8 Å². The summed E-state index contributed by atoms with van der Waals surface area (Å²) in [5, 5.41) is 0. The summed E-state index contributed by atoms with van der Waals surface area (Å²) >= 11 is 0. The van der Waals surface area contributed by atoms with Crippen LogP contribution in [0.2, 0.25) is 0 Å². The van der Waals surface area contributed by atoms with Gasteiger partial charge >= 0.3 is 5.97 Å². The molecule has 4 nitrogen and oxygen atoms in total. The number of carbonyl (C=O) groups is 1. The van der Waals surface area contributed by atoms with Crippen LogP contribution in [0.5, 0.6) is 0 Å². The fourth-order valence-corrected chi connectivity index (χ4v) is 4.32. The smallest absolute Gasteiger partial charge is 0.361 e. The first-order valence-corrected chi connectivity index (χ1v) is 8.13. The Balaban J connectivity index is 1.84. The Hall–Kier alpha value is -0.610. The van der Waals surface area contributed by atoms with Crippen LogP contribution < -0.4 is 0 Å². The van der Waals surface area contributed by atoms with Gasteiger partial charge in [0.25, 0.3) is 0 Å². The van der Waals surface area contributed by atoms with Crippen LogP contribution in [0.25, 0.3) is 0 Å². The van der Waals surface area contributed by atoms with Crippen LogP contribution in [0.15, 0.2) is 0 Å². The van der Waals surface area contributed by atoms with E-state index in [1.54, 1.807) is 0 Å². The van der Waals surface area contributed by atoms with Crippen molar-refractivity contribution in [3.05, 3.63) is 0 Å². The van der Waals surface area contributed by atoms with E-state index in [1.165, 1.54) is 26.4 Å². The molecule has 0 aromatic heterocycles. The van der Waals surface area contributed by atoms with Crippen molar-refractivity contribution in [2.24, 2.45) is 16.7 Å². The highest BCUT2D eigenvalue weighted by atomic mass is 16.5. The second-order valence-electron chi connectivity index (χ2n) is 8.36. The van der Waals surface area contributed by atoms with E-state index < -0.39 is 0 Å². The monoisotopic (exact) mass is 298 g/mol. The molecule has 2 rings (SSSR count). The van der Waals surface area contributed by atoms with Crippen molar-refractivity contribution >= 4 is 5.97 Å². The number of quaternary nitrogens is 1. The van der Waals surface area contributed by atoms with Crippen molar-refractivity contribution in [3.63, 3.8) is 0 Å². The number of carbonyl (C=O) groups excluding carboxylic acids is 1. The van der Waals surface area contributed by atoms with Crippen LogP contribution in [0, 0.1) is 16.7 Å². The van der Waals surface area contributed by atoms with Gasteiger partial charge in [0.15, 0.2) is 6.54 Å². The third-order valence-electron chi connectivity index (χ3n) is 6.51. The number of hydrogen-bond donors (Lipinski definition) is 0. The van der Waals surface area contributed by atoms with E-state index >= 15 is 0 Å². The number of ether oxygens (including phenoxy) is 2. The molecule has 0 amide bonds. The Bertz CT molecular complexity index is 405. The molecular formula is C17H32NO3+. The van der Waals surface area contributed by atoms with E-state index in [-0.39, 0.29) is 5.97 Å². The lowest BCUT2D eigenvalue weighted by molar-refractivity contribution is -0.883. The predicted molar refractivity (Wildman–Crippen MR) is 82.8 cm³/mol. The predicted octanol–water partition coefficient (Wildman–Crippen LogP) is 2.47. The summed E-state index contributed by atoms with van der Waals surface area (Å²) in [6.07, 6.45) is 4.22. The van der Waals surface area contributed by atoms with E-state index in [9.17, 15) is 4.79 Å². The molecule has 122 valence electrons. The highest BCUT2D eigenvalue weighted by Gasteiger charge is 2.61. The quantitative estimate of drug-likeness (QED) is 0.558. The molecule has 3 atom stereocenters. The molecule has 0 aromatic carbocycles. The van der Waals surface area contributed by atoms with Crippen molar-refractivity contribution in [2.75, 3.05) is 40.9 Å². The van der Waals surface area contributed by atoms with Gasteiger partial charge in [0, 0.05) is 0 Å². The van der Waals surface area contributed by atoms with Gasteiger partial charge in [-0.3, -0.25) is 0 Å². The van der Waals surface area contributed by atoms with Gasteiger partial charge in [0.05, 0.1) is 33.9 Å². The minimum absolute atomic E-state index is 0.159. The molecule has 2 aliphatic carbocycles. The Labute approximate surface area is 129 Å². The zero-order chi connectivity index (χ0) is 15.9. The molecule has 2 bridgehead atoms. The van der Waals surface area contributed by atoms with Gasteiger partial charge in [0.1, 0.15) is 6.54 Å². The maximum absolute atomic E-state index is 11.4. The molecule has 0 heterocycles. The molecule has 0 spiro atoms. The summed E-state index contributed by atoms with van der Waals surface area (Å²) in [4.78, 5) is 11.4. The van der Waals surface area contributed by atoms with Crippen LogP contribution in [0.4, 0.5) is 0 Å². The number of esters is 1. The topological polar surface area (TPSA) is 35.5 Å². The van der Waals surface area contributed by atoms with E-state index in [0.29, 0.717) is 34.6 Å². The number of nitrogens with zero attached hydrogens (tertiary/aromatic N) is 1. The number of hydrogen-bond acceptors (Lipinski definition) is 3. The zero-order valence-corrected chi connectivity index (χ0v) is 14.6. The van der Waals surface area contributed by atoms with Crippen molar-refractivity contribution < 1.29 is 18.8 Å². The van der Waals surface area contributed by atoms with Crippen molar-refractivity contribution in [1.82, 2.24) is 0 Å². The lowest BCUT2D eigenvalue weighted by Crippen LogP contribution is -2.47. The molecule has 0 aromatic rings. The maximum atomic E-state index is 11.4. The molecule has 0 N–H and O–H groups in total. The van der Waals surface area contributed by atoms with Gasteiger partial charge in [-0.15, -0.1) is 0 Å². The second-order valence-corrected chi connectivity index (χ2v) is 8.36. The molecule has 0 radical (unpaired) electrons. The lowest BCUT2D eigenvalue weighted by Gasteiger charge is -2.39. The Morgan fingerprint density at radius 1 is 1.29 bits per heavy atom. The zero-order valence-electron chi connectivity index (χ0n) is 14.6. The maximum Gasteiger partial charge on any atom is 0.361 e. The van der Waals surface area contributed by atoms with Gasteiger partial charge in [-0.25, -0.2) is 4.79 Å². The fourth-order valence-electron chi connectivity index (χ4n) is 4.32. The van der Waals surface area contributed by atoms with E-state index in [0.717, 1.165) is 12.5 Å². The average molecular weight is 298 g/mol. The van der Waals surface area contributed by atoms with Crippen LogP contribution in [-0.2, 0) is 14.3 Å².